The molecule has 1 rings (SSSR count). The topological polar surface area (TPSA) is 49.7 Å². The zero-order valence-corrected chi connectivity index (χ0v) is 7.41. The highest BCUT2D eigenvalue weighted by Crippen LogP contribution is 2.19. The van der Waals surface area contributed by atoms with Crippen molar-refractivity contribution >= 4 is 12.6 Å². The van der Waals surface area contributed by atoms with E-state index in [1.807, 2.05) is 0 Å². The third-order valence-corrected chi connectivity index (χ3v) is 1.88. The van der Waals surface area contributed by atoms with Gasteiger partial charge in [0.15, 0.2) is 11.6 Å². The minimum atomic E-state index is -1.60. The summed E-state index contributed by atoms with van der Waals surface area (Å²) in [6.07, 6.45) is 0. The van der Waals surface area contributed by atoms with Crippen LogP contribution in [0, 0.1) is 12.7 Å². The van der Waals surface area contributed by atoms with Gasteiger partial charge in [-0.05, 0) is 24.0 Å². The predicted molar refractivity (Wildman–Crippen MR) is 47.5 cm³/mol. The van der Waals surface area contributed by atoms with Gasteiger partial charge in [-0.2, -0.15) is 0 Å². The molecule has 0 aliphatic carbocycles. The fraction of sp³-hybridized carbons (Fsp3) is 0.250. The summed E-state index contributed by atoms with van der Waals surface area (Å²) in [6.45, 7) is 1.57. The Hall–Kier alpha value is -1.07. The third-order valence-electron chi connectivity index (χ3n) is 1.88. The molecular formula is C8H10BFO3. The van der Waals surface area contributed by atoms with E-state index in [-0.39, 0.29) is 11.2 Å². The van der Waals surface area contributed by atoms with Gasteiger partial charge in [0.25, 0.3) is 0 Å². The van der Waals surface area contributed by atoms with Crippen LogP contribution in [0.3, 0.4) is 0 Å². The van der Waals surface area contributed by atoms with Crippen molar-refractivity contribution in [3.63, 3.8) is 0 Å². The molecule has 3 nitrogen and oxygen atoms in total. The minimum Gasteiger partial charge on any atom is -0.493 e. The average Bonchev–Trinajstić information content (AvgIpc) is 2.04. The van der Waals surface area contributed by atoms with Crippen LogP contribution >= 0.6 is 0 Å². The van der Waals surface area contributed by atoms with E-state index in [4.69, 9.17) is 14.8 Å². The number of hydrogen-bond acceptors (Lipinski definition) is 3. The number of rotatable bonds is 2. The van der Waals surface area contributed by atoms with E-state index < -0.39 is 12.9 Å². The van der Waals surface area contributed by atoms with E-state index >= 15 is 0 Å². The van der Waals surface area contributed by atoms with Crippen molar-refractivity contribution in [1.29, 1.82) is 0 Å². The smallest absolute Gasteiger partial charge is 0.488 e. The van der Waals surface area contributed by atoms with Crippen molar-refractivity contribution in [3.05, 3.63) is 23.5 Å². The molecule has 1 aromatic carbocycles. The molecule has 0 saturated carbocycles. The molecule has 2 N–H and O–H groups in total. The Morgan fingerprint density at radius 3 is 2.46 bits per heavy atom. The van der Waals surface area contributed by atoms with Crippen molar-refractivity contribution in [1.82, 2.24) is 0 Å². The van der Waals surface area contributed by atoms with Gasteiger partial charge >= 0.3 is 7.12 Å². The maximum Gasteiger partial charge on any atom is 0.488 e. The normalized spacial score (nSPS) is 9.92. The lowest BCUT2D eigenvalue weighted by Crippen LogP contribution is -2.32. The molecule has 13 heavy (non-hydrogen) atoms. The second-order valence-electron chi connectivity index (χ2n) is 2.67. The Balaban J connectivity index is 3.27. The van der Waals surface area contributed by atoms with Crippen LogP contribution in [-0.4, -0.2) is 24.3 Å². The van der Waals surface area contributed by atoms with Gasteiger partial charge in [0.2, 0.25) is 0 Å². The molecule has 0 aromatic heterocycles. The molecule has 0 bridgehead atoms. The van der Waals surface area contributed by atoms with Crippen molar-refractivity contribution in [3.8, 4) is 5.75 Å². The molecule has 0 atom stereocenters. The highest BCUT2D eigenvalue weighted by Gasteiger charge is 2.18. The van der Waals surface area contributed by atoms with Gasteiger partial charge in [-0.3, -0.25) is 0 Å². The number of ether oxygens (including phenoxy) is 1. The molecule has 0 aliphatic rings. The van der Waals surface area contributed by atoms with Gasteiger partial charge in [0, 0.05) is 0 Å². The van der Waals surface area contributed by atoms with Gasteiger partial charge < -0.3 is 14.8 Å². The molecule has 70 valence electrons. The molecule has 0 heterocycles. The highest BCUT2D eigenvalue weighted by atomic mass is 19.1. The maximum atomic E-state index is 13.0. The molecule has 5 heteroatoms. The number of hydrogen-bond donors (Lipinski definition) is 2. The third kappa shape index (κ3) is 1.81. The Morgan fingerprint density at radius 2 is 2.00 bits per heavy atom. The first kappa shape index (κ1) is 10.0. The standard InChI is InChI=1S/C8H10BFO3/c1-5-6(9(11)12)3-4-7(10)8(5)13-2/h3-4,11-12H,1-2H3. The van der Waals surface area contributed by atoms with Crippen LogP contribution in [0.25, 0.3) is 0 Å². The van der Waals surface area contributed by atoms with Crippen LogP contribution < -0.4 is 10.2 Å². The van der Waals surface area contributed by atoms with E-state index in [9.17, 15) is 4.39 Å². The second-order valence-corrected chi connectivity index (χ2v) is 2.67. The lowest BCUT2D eigenvalue weighted by molar-refractivity contribution is 0.382. The fourth-order valence-corrected chi connectivity index (χ4v) is 1.20. The maximum absolute atomic E-state index is 13.0. The van der Waals surface area contributed by atoms with Crippen LogP contribution in [0.5, 0.6) is 5.75 Å². The first-order valence-corrected chi connectivity index (χ1v) is 3.77. The summed E-state index contributed by atoms with van der Waals surface area (Å²) < 4.78 is 17.8. The molecule has 1 aromatic rings. The van der Waals surface area contributed by atoms with Crippen LogP contribution in [0.1, 0.15) is 5.56 Å². The van der Waals surface area contributed by atoms with E-state index in [2.05, 4.69) is 0 Å². The highest BCUT2D eigenvalue weighted by molar-refractivity contribution is 6.59. The summed E-state index contributed by atoms with van der Waals surface area (Å²) >= 11 is 0. The molecule has 0 spiro atoms. The summed E-state index contributed by atoms with van der Waals surface area (Å²) in [5, 5.41) is 17.8. The minimum absolute atomic E-state index is 0.0469. The predicted octanol–water partition coefficient (Wildman–Crippen LogP) is -0.177. The van der Waals surface area contributed by atoms with Gasteiger partial charge in [0.1, 0.15) is 0 Å². The number of halogens is 1. The average molecular weight is 184 g/mol. The zero-order valence-electron chi connectivity index (χ0n) is 7.41. The second kappa shape index (κ2) is 3.76. The SMILES string of the molecule is COc1c(F)ccc(B(O)O)c1C. The molecule has 0 unspecified atom stereocenters. The zero-order chi connectivity index (χ0) is 10.0. The Bertz CT molecular complexity index is 315. The largest absolute Gasteiger partial charge is 0.493 e. The van der Waals surface area contributed by atoms with Crippen LogP contribution in [0.2, 0.25) is 0 Å². The molecule has 0 saturated heterocycles. The quantitative estimate of drug-likeness (QED) is 0.627. The van der Waals surface area contributed by atoms with Gasteiger partial charge in [-0.1, -0.05) is 6.07 Å². The lowest BCUT2D eigenvalue weighted by atomic mass is 9.77. The van der Waals surface area contributed by atoms with Crippen molar-refractivity contribution in [2.75, 3.05) is 7.11 Å². The van der Waals surface area contributed by atoms with E-state index in [1.54, 1.807) is 6.92 Å². The molecule has 0 aliphatic heterocycles. The Morgan fingerprint density at radius 1 is 1.38 bits per heavy atom. The first-order chi connectivity index (χ1) is 6.07. The van der Waals surface area contributed by atoms with Gasteiger partial charge in [-0.25, -0.2) is 4.39 Å². The summed E-state index contributed by atoms with van der Waals surface area (Å²) in [6, 6.07) is 2.46. The number of methoxy groups -OCH3 is 1. The molecule has 0 amide bonds. The summed E-state index contributed by atoms with van der Waals surface area (Å²) in [7, 11) is -0.270. The van der Waals surface area contributed by atoms with E-state index in [0.717, 1.165) is 6.07 Å². The van der Waals surface area contributed by atoms with Crippen LogP contribution in [0.4, 0.5) is 4.39 Å². The van der Waals surface area contributed by atoms with E-state index in [1.165, 1.54) is 13.2 Å². The molecule has 0 fully saturated rings. The fourth-order valence-electron chi connectivity index (χ4n) is 1.20. The van der Waals surface area contributed by atoms with Crippen LogP contribution in [-0.2, 0) is 0 Å². The van der Waals surface area contributed by atoms with Crippen LogP contribution in [0.15, 0.2) is 12.1 Å². The summed E-state index contributed by atoms with van der Waals surface area (Å²) in [5.41, 5.74) is 0.649. The van der Waals surface area contributed by atoms with Crippen molar-refractivity contribution in [2.45, 2.75) is 6.92 Å². The van der Waals surface area contributed by atoms with Gasteiger partial charge in [-0.15, -0.1) is 0 Å². The Kier molecular flexibility index (Phi) is 2.90. The number of benzene rings is 1. The van der Waals surface area contributed by atoms with Gasteiger partial charge in [0.05, 0.1) is 7.11 Å². The lowest BCUT2D eigenvalue weighted by Gasteiger charge is -2.10. The summed E-state index contributed by atoms with van der Waals surface area (Å²) in [4.78, 5) is 0. The first-order valence-electron chi connectivity index (χ1n) is 3.77. The van der Waals surface area contributed by atoms with Crippen molar-refractivity contribution < 1.29 is 19.2 Å². The summed E-state index contributed by atoms with van der Waals surface area (Å²) in [5.74, 6) is -0.463. The monoisotopic (exact) mass is 184 g/mol. The molecular weight excluding hydrogens is 174 g/mol. The molecule has 0 radical (unpaired) electrons. The van der Waals surface area contributed by atoms with E-state index in [0.29, 0.717) is 5.56 Å². The Labute approximate surface area is 75.9 Å². The van der Waals surface area contributed by atoms with Crippen molar-refractivity contribution in [2.24, 2.45) is 0 Å².